The van der Waals surface area contributed by atoms with Crippen LogP contribution in [-0.2, 0) is 11.3 Å². The third-order valence-corrected chi connectivity index (χ3v) is 5.18. The monoisotopic (exact) mass is 370 g/mol. The number of carbonyl (C=O) groups is 2. The zero-order valence-corrected chi connectivity index (χ0v) is 15.8. The van der Waals surface area contributed by atoms with Gasteiger partial charge >= 0.3 is 12.0 Å². The lowest BCUT2D eigenvalue weighted by atomic mass is 9.97. The summed E-state index contributed by atoms with van der Waals surface area (Å²) in [6, 6.07) is 5.88. The Kier molecular flexibility index (Phi) is 5.78. The number of urea groups is 1. The molecule has 2 aromatic rings. The van der Waals surface area contributed by atoms with Crippen molar-refractivity contribution in [3.05, 3.63) is 53.6 Å². The second kappa shape index (κ2) is 8.24. The predicted molar refractivity (Wildman–Crippen MR) is 101 cm³/mol. The van der Waals surface area contributed by atoms with Crippen LogP contribution in [0.15, 0.2) is 36.9 Å². The number of hydrogen-bond donors (Lipinski definition) is 2. The molecule has 1 aliphatic rings. The van der Waals surface area contributed by atoms with Gasteiger partial charge in [-0.3, -0.25) is 4.79 Å². The van der Waals surface area contributed by atoms with E-state index >= 15 is 0 Å². The maximum absolute atomic E-state index is 12.8. The molecule has 1 aromatic carbocycles. The topological polar surface area (TPSA) is 87.5 Å². The van der Waals surface area contributed by atoms with Crippen molar-refractivity contribution in [3.63, 3.8) is 0 Å². The molecule has 0 aliphatic carbocycles. The Morgan fingerprint density at radius 2 is 2.04 bits per heavy atom. The summed E-state index contributed by atoms with van der Waals surface area (Å²) in [6.45, 7) is 5.61. The van der Waals surface area contributed by atoms with Gasteiger partial charge in [-0.1, -0.05) is 23.8 Å². The van der Waals surface area contributed by atoms with Crippen LogP contribution in [0.4, 0.5) is 4.79 Å². The second-order valence-electron chi connectivity index (χ2n) is 7.22. The van der Waals surface area contributed by atoms with Gasteiger partial charge in [0.15, 0.2) is 0 Å². The maximum atomic E-state index is 12.8. The highest BCUT2D eigenvalue weighted by Gasteiger charge is 2.28. The molecular weight excluding hydrogens is 344 g/mol. The van der Waals surface area contributed by atoms with Crippen molar-refractivity contribution in [1.29, 1.82) is 0 Å². The molecule has 2 N–H and O–H groups in total. The van der Waals surface area contributed by atoms with Crippen LogP contribution in [0.3, 0.4) is 0 Å². The number of benzene rings is 1. The van der Waals surface area contributed by atoms with Gasteiger partial charge < -0.3 is 19.9 Å². The van der Waals surface area contributed by atoms with Gasteiger partial charge in [-0.15, -0.1) is 0 Å². The van der Waals surface area contributed by atoms with Crippen LogP contribution in [0.1, 0.15) is 35.6 Å². The van der Waals surface area contributed by atoms with E-state index in [-0.39, 0.29) is 18.0 Å². The number of aryl methyl sites for hydroxylation is 2. The summed E-state index contributed by atoms with van der Waals surface area (Å²) in [4.78, 5) is 29.7. The fourth-order valence-corrected chi connectivity index (χ4v) is 3.61. The number of aliphatic carboxylic acids is 1. The number of hydrogen-bond acceptors (Lipinski definition) is 3. The number of carboxylic acid groups (broad SMARTS) is 1. The van der Waals surface area contributed by atoms with Gasteiger partial charge in [-0.05, 0) is 37.8 Å². The Balaban J connectivity index is 1.73. The predicted octanol–water partition coefficient (Wildman–Crippen LogP) is 2.75. The van der Waals surface area contributed by atoms with Gasteiger partial charge in [0, 0.05) is 32.0 Å². The number of amides is 2. The van der Waals surface area contributed by atoms with E-state index in [4.69, 9.17) is 5.11 Å². The second-order valence-corrected chi connectivity index (χ2v) is 7.22. The van der Waals surface area contributed by atoms with Gasteiger partial charge in [0.05, 0.1) is 18.3 Å². The van der Waals surface area contributed by atoms with Crippen molar-refractivity contribution in [2.75, 3.05) is 13.1 Å². The Hall–Kier alpha value is -2.83. The zero-order valence-electron chi connectivity index (χ0n) is 15.8. The number of piperidine rings is 1. The zero-order chi connectivity index (χ0) is 19.4. The summed E-state index contributed by atoms with van der Waals surface area (Å²) in [7, 11) is 0. The van der Waals surface area contributed by atoms with Crippen molar-refractivity contribution in [2.45, 2.75) is 39.3 Å². The van der Waals surface area contributed by atoms with Crippen LogP contribution in [0.25, 0.3) is 0 Å². The summed E-state index contributed by atoms with van der Waals surface area (Å²) in [5.41, 5.74) is 3.38. The molecule has 0 saturated carbocycles. The molecule has 3 rings (SSSR count). The Bertz CT molecular complexity index is 796. The molecule has 1 fully saturated rings. The van der Waals surface area contributed by atoms with Gasteiger partial charge in [-0.25, -0.2) is 9.78 Å². The number of likely N-dealkylation sites (tertiary alicyclic amines) is 1. The normalized spacial score (nSPS) is 16.1. The van der Waals surface area contributed by atoms with Gasteiger partial charge in [-0.2, -0.15) is 0 Å². The molecule has 2 amide bonds. The summed E-state index contributed by atoms with van der Waals surface area (Å²) >= 11 is 0. The largest absolute Gasteiger partial charge is 0.481 e. The van der Waals surface area contributed by atoms with E-state index in [1.165, 1.54) is 5.56 Å². The first kappa shape index (κ1) is 18.9. The average molecular weight is 370 g/mol. The minimum atomic E-state index is -0.775. The molecule has 7 nitrogen and oxygen atoms in total. The number of nitrogens with one attached hydrogen (secondary N) is 1. The summed E-state index contributed by atoms with van der Waals surface area (Å²) in [6.07, 6.45) is 6.33. The number of carbonyl (C=O) groups excluding carboxylic acids is 1. The van der Waals surface area contributed by atoms with Crippen LogP contribution < -0.4 is 5.32 Å². The summed E-state index contributed by atoms with van der Waals surface area (Å²) in [5.74, 6) is -1.13. The molecule has 0 bridgehead atoms. The van der Waals surface area contributed by atoms with Crippen LogP contribution in [0.5, 0.6) is 0 Å². The molecule has 7 heteroatoms. The first-order valence-corrected chi connectivity index (χ1v) is 9.25. The molecule has 27 heavy (non-hydrogen) atoms. The highest BCUT2D eigenvalue weighted by molar-refractivity contribution is 5.76. The van der Waals surface area contributed by atoms with Crippen molar-refractivity contribution in [2.24, 2.45) is 5.92 Å². The first-order valence-electron chi connectivity index (χ1n) is 9.25. The molecular formula is C20H26N4O3. The molecule has 0 spiro atoms. The Labute approximate surface area is 159 Å². The smallest absolute Gasteiger partial charge is 0.317 e. The van der Waals surface area contributed by atoms with Gasteiger partial charge in [0.1, 0.15) is 0 Å². The number of carboxylic acids is 1. The van der Waals surface area contributed by atoms with E-state index in [9.17, 15) is 9.59 Å². The molecule has 1 unspecified atom stereocenters. The summed E-state index contributed by atoms with van der Waals surface area (Å²) in [5, 5.41) is 12.3. The highest BCUT2D eigenvalue weighted by atomic mass is 16.4. The first-order chi connectivity index (χ1) is 12.9. The maximum Gasteiger partial charge on any atom is 0.317 e. The van der Waals surface area contributed by atoms with Gasteiger partial charge in [0.2, 0.25) is 0 Å². The third-order valence-electron chi connectivity index (χ3n) is 5.18. The van der Waals surface area contributed by atoms with Crippen LogP contribution in [-0.4, -0.2) is 44.6 Å². The number of rotatable bonds is 5. The third kappa shape index (κ3) is 4.67. The minimum absolute atomic E-state index is 0.149. The van der Waals surface area contributed by atoms with E-state index in [2.05, 4.69) is 22.4 Å². The van der Waals surface area contributed by atoms with Crippen LogP contribution in [0, 0.1) is 19.8 Å². The van der Waals surface area contributed by atoms with E-state index in [1.54, 1.807) is 17.4 Å². The number of imidazole rings is 1. The van der Waals surface area contributed by atoms with E-state index in [1.807, 2.05) is 30.7 Å². The van der Waals surface area contributed by atoms with E-state index in [0.29, 0.717) is 32.5 Å². The molecule has 0 radical (unpaired) electrons. The Morgan fingerprint density at radius 3 is 2.63 bits per heavy atom. The number of aromatic nitrogens is 2. The van der Waals surface area contributed by atoms with Crippen LogP contribution in [0.2, 0.25) is 0 Å². The Morgan fingerprint density at radius 1 is 1.30 bits per heavy atom. The molecule has 1 aliphatic heterocycles. The fourth-order valence-electron chi connectivity index (χ4n) is 3.61. The van der Waals surface area contributed by atoms with E-state index < -0.39 is 5.97 Å². The van der Waals surface area contributed by atoms with Crippen molar-refractivity contribution >= 4 is 12.0 Å². The van der Waals surface area contributed by atoms with Crippen molar-refractivity contribution < 1.29 is 14.7 Å². The van der Waals surface area contributed by atoms with Crippen LogP contribution >= 0.6 is 0 Å². The minimum Gasteiger partial charge on any atom is -0.481 e. The van der Waals surface area contributed by atoms with Gasteiger partial charge in [0.25, 0.3) is 0 Å². The average Bonchev–Trinajstić information content (AvgIpc) is 3.14. The lowest BCUT2D eigenvalue weighted by Crippen LogP contribution is -2.47. The lowest BCUT2D eigenvalue weighted by Gasteiger charge is -2.32. The standard InChI is InChI=1S/C20H26N4O3/c1-14-3-4-17(15(2)11-14)18(12-23-10-7-21-13-23)22-20(27)24-8-5-16(6-9-24)19(25)26/h3-4,7,10-11,13,16,18H,5-6,8-9,12H2,1-2H3,(H,22,27)(H,25,26). The fraction of sp³-hybridized carbons (Fsp3) is 0.450. The molecule has 1 saturated heterocycles. The quantitative estimate of drug-likeness (QED) is 0.847. The SMILES string of the molecule is Cc1ccc(C(Cn2ccnc2)NC(=O)N2CCC(C(=O)O)CC2)c(C)c1. The lowest BCUT2D eigenvalue weighted by molar-refractivity contribution is -0.143. The van der Waals surface area contributed by atoms with Crippen molar-refractivity contribution in [3.8, 4) is 0 Å². The molecule has 144 valence electrons. The molecule has 1 atom stereocenters. The van der Waals surface area contributed by atoms with E-state index in [0.717, 1.165) is 11.1 Å². The number of nitrogens with zero attached hydrogens (tertiary/aromatic N) is 3. The van der Waals surface area contributed by atoms with Crippen molar-refractivity contribution in [1.82, 2.24) is 19.8 Å². The summed E-state index contributed by atoms with van der Waals surface area (Å²) < 4.78 is 1.95. The highest BCUT2D eigenvalue weighted by Crippen LogP contribution is 2.23. The molecule has 2 heterocycles. The molecule has 1 aromatic heterocycles.